The molecule has 5 nitrogen and oxygen atoms in total. The molecule has 0 radical (unpaired) electrons. The number of hydrogen-bond acceptors (Lipinski definition) is 4. The first-order chi connectivity index (χ1) is 7.04. The van der Waals surface area contributed by atoms with Gasteiger partial charge in [0.2, 0.25) is 5.91 Å². The molecule has 1 aromatic rings. The molecule has 0 fully saturated rings. The monoisotopic (exact) mass is 211 g/mol. The van der Waals surface area contributed by atoms with Crippen molar-refractivity contribution >= 4 is 11.6 Å². The highest BCUT2D eigenvalue weighted by atomic mass is 16.5. The summed E-state index contributed by atoms with van der Waals surface area (Å²) in [6, 6.07) is -0.143. The maximum absolute atomic E-state index is 11.5. The maximum Gasteiger partial charge on any atom is 0.226 e. The van der Waals surface area contributed by atoms with Gasteiger partial charge in [-0.2, -0.15) is 0 Å². The SMILES string of the molecule is CCc1onc(C)c1NC(=O)CC(C)N. The number of rotatable bonds is 4. The molecule has 0 spiro atoms. The van der Waals surface area contributed by atoms with Gasteiger partial charge in [0.05, 0.1) is 0 Å². The lowest BCUT2D eigenvalue weighted by Gasteiger charge is -2.06. The smallest absolute Gasteiger partial charge is 0.226 e. The van der Waals surface area contributed by atoms with Crippen LogP contribution in [0.4, 0.5) is 5.69 Å². The van der Waals surface area contributed by atoms with Crippen molar-refractivity contribution in [1.29, 1.82) is 0 Å². The molecule has 1 heterocycles. The Hall–Kier alpha value is -1.36. The van der Waals surface area contributed by atoms with Crippen molar-refractivity contribution in [3.63, 3.8) is 0 Å². The number of hydrogen-bond donors (Lipinski definition) is 2. The second-order valence-corrected chi connectivity index (χ2v) is 3.65. The van der Waals surface area contributed by atoms with Crippen LogP contribution in [0.25, 0.3) is 0 Å². The summed E-state index contributed by atoms with van der Waals surface area (Å²) in [5, 5.41) is 6.56. The van der Waals surface area contributed by atoms with E-state index in [1.54, 1.807) is 13.8 Å². The first-order valence-electron chi connectivity index (χ1n) is 5.05. The van der Waals surface area contributed by atoms with Gasteiger partial charge < -0.3 is 15.6 Å². The Morgan fingerprint density at radius 3 is 2.87 bits per heavy atom. The molecule has 0 aliphatic carbocycles. The average molecular weight is 211 g/mol. The van der Waals surface area contributed by atoms with Crippen LogP contribution in [-0.4, -0.2) is 17.1 Å². The zero-order valence-corrected chi connectivity index (χ0v) is 9.33. The highest BCUT2D eigenvalue weighted by Gasteiger charge is 2.14. The van der Waals surface area contributed by atoms with Gasteiger partial charge in [0.1, 0.15) is 11.4 Å². The maximum atomic E-state index is 11.5. The highest BCUT2D eigenvalue weighted by molar-refractivity contribution is 5.92. The summed E-state index contributed by atoms with van der Waals surface area (Å²) in [4.78, 5) is 11.5. The van der Waals surface area contributed by atoms with Gasteiger partial charge in [-0.3, -0.25) is 4.79 Å². The molecule has 5 heteroatoms. The van der Waals surface area contributed by atoms with Gasteiger partial charge in [-0.1, -0.05) is 12.1 Å². The van der Waals surface area contributed by atoms with E-state index in [9.17, 15) is 4.79 Å². The Balaban J connectivity index is 2.71. The van der Waals surface area contributed by atoms with Gasteiger partial charge in [-0.15, -0.1) is 0 Å². The van der Waals surface area contributed by atoms with Crippen LogP contribution in [0.1, 0.15) is 31.7 Å². The van der Waals surface area contributed by atoms with Crippen LogP contribution in [0.15, 0.2) is 4.52 Å². The van der Waals surface area contributed by atoms with Crippen molar-refractivity contribution in [2.45, 2.75) is 39.7 Å². The summed E-state index contributed by atoms with van der Waals surface area (Å²) in [5.41, 5.74) is 6.91. The van der Waals surface area contributed by atoms with Crippen molar-refractivity contribution in [1.82, 2.24) is 5.16 Å². The highest BCUT2D eigenvalue weighted by Crippen LogP contribution is 2.20. The standard InChI is InChI=1S/C10H17N3O2/c1-4-8-10(7(3)13-15-8)12-9(14)5-6(2)11/h6H,4-5,11H2,1-3H3,(H,12,14). The second-order valence-electron chi connectivity index (χ2n) is 3.65. The number of nitrogens with two attached hydrogens (primary N) is 1. The van der Waals surface area contributed by atoms with Crippen molar-refractivity contribution in [2.75, 3.05) is 5.32 Å². The van der Waals surface area contributed by atoms with Crippen LogP contribution in [0.2, 0.25) is 0 Å². The van der Waals surface area contributed by atoms with E-state index < -0.39 is 0 Å². The van der Waals surface area contributed by atoms with E-state index in [-0.39, 0.29) is 11.9 Å². The molecule has 0 saturated heterocycles. The van der Waals surface area contributed by atoms with E-state index in [1.165, 1.54) is 0 Å². The predicted octanol–water partition coefficient (Wildman–Crippen LogP) is 1.22. The number of carbonyl (C=O) groups excluding carboxylic acids is 1. The van der Waals surface area contributed by atoms with Crippen LogP contribution >= 0.6 is 0 Å². The minimum atomic E-state index is -0.143. The Labute approximate surface area is 89.0 Å². The predicted molar refractivity (Wildman–Crippen MR) is 57.5 cm³/mol. The molecule has 1 unspecified atom stereocenters. The van der Waals surface area contributed by atoms with Crippen molar-refractivity contribution < 1.29 is 9.32 Å². The van der Waals surface area contributed by atoms with Crippen LogP contribution in [0.3, 0.4) is 0 Å². The van der Waals surface area contributed by atoms with E-state index in [2.05, 4.69) is 10.5 Å². The molecule has 1 amide bonds. The number of carbonyl (C=O) groups is 1. The fourth-order valence-electron chi connectivity index (χ4n) is 1.30. The van der Waals surface area contributed by atoms with Gasteiger partial charge in [-0.25, -0.2) is 0 Å². The van der Waals surface area contributed by atoms with Crippen molar-refractivity contribution in [2.24, 2.45) is 5.73 Å². The molecule has 0 aliphatic heterocycles. The average Bonchev–Trinajstić information content (AvgIpc) is 2.46. The van der Waals surface area contributed by atoms with Crippen molar-refractivity contribution in [3.05, 3.63) is 11.5 Å². The number of amides is 1. The summed E-state index contributed by atoms with van der Waals surface area (Å²) >= 11 is 0. The molecule has 1 atom stereocenters. The molecular weight excluding hydrogens is 194 g/mol. The lowest BCUT2D eigenvalue weighted by Crippen LogP contribution is -2.24. The number of nitrogens with one attached hydrogen (secondary N) is 1. The first kappa shape index (κ1) is 11.7. The quantitative estimate of drug-likeness (QED) is 0.784. The van der Waals surface area contributed by atoms with Crippen LogP contribution in [0, 0.1) is 6.92 Å². The Kier molecular flexibility index (Phi) is 3.85. The van der Waals surface area contributed by atoms with E-state index in [0.717, 1.165) is 0 Å². The Bertz CT molecular complexity index is 344. The van der Waals surface area contributed by atoms with Crippen LogP contribution in [-0.2, 0) is 11.2 Å². The number of nitrogens with zero attached hydrogens (tertiary/aromatic N) is 1. The van der Waals surface area contributed by atoms with Crippen molar-refractivity contribution in [3.8, 4) is 0 Å². The molecule has 1 rings (SSSR count). The second kappa shape index (κ2) is 4.93. The lowest BCUT2D eigenvalue weighted by molar-refractivity contribution is -0.116. The summed E-state index contributed by atoms with van der Waals surface area (Å²) in [5.74, 6) is 0.594. The normalized spacial score (nSPS) is 12.5. The summed E-state index contributed by atoms with van der Waals surface area (Å²) in [6.45, 7) is 5.53. The molecule has 1 aromatic heterocycles. The van der Waals surface area contributed by atoms with Crippen LogP contribution in [0.5, 0.6) is 0 Å². The first-order valence-corrected chi connectivity index (χ1v) is 5.05. The minimum Gasteiger partial charge on any atom is -0.359 e. The third kappa shape index (κ3) is 3.06. The van der Waals surface area contributed by atoms with Gasteiger partial charge in [-0.05, 0) is 13.8 Å². The van der Waals surface area contributed by atoms with Gasteiger partial charge in [0, 0.05) is 18.9 Å². The van der Waals surface area contributed by atoms with E-state index in [0.29, 0.717) is 30.0 Å². The largest absolute Gasteiger partial charge is 0.359 e. The number of aryl methyl sites for hydroxylation is 2. The van der Waals surface area contributed by atoms with Gasteiger partial charge >= 0.3 is 0 Å². The fourth-order valence-corrected chi connectivity index (χ4v) is 1.30. The molecule has 0 aliphatic rings. The number of anilines is 1. The molecule has 0 bridgehead atoms. The van der Waals surface area contributed by atoms with E-state index >= 15 is 0 Å². The minimum absolute atomic E-state index is 0.106. The third-order valence-corrected chi connectivity index (χ3v) is 2.03. The summed E-state index contributed by atoms with van der Waals surface area (Å²) in [7, 11) is 0. The molecule has 84 valence electrons. The third-order valence-electron chi connectivity index (χ3n) is 2.03. The van der Waals surface area contributed by atoms with E-state index in [4.69, 9.17) is 10.3 Å². The topological polar surface area (TPSA) is 81.2 Å². The molecular formula is C10H17N3O2. The molecule has 0 aromatic carbocycles. The number of aromatic nitrogens is 1. The molecule has 3 N–H and O–H groups in total. The van der Waals surface area contributed by atoms with Gasteiger partial charge in [0.25, 0.3) is 0 Å². The van der Waals surface area contributed by atoms with Gasteiger partial charge in [0.15, 0.2) is 5.76 Å². The molecule has 15 heavy (non-hydrogen) atoms. The Morgan fingerprint density at radius 2 is 2.33 bits per heavy atom. The van der Waals surface area contributed by atoms with E-state index in [1.807, 2.05) is 6.92 Å². The zero-order valence-electron chi connectivity index (χ0n) is 9.33. The summed E-state index contributed by atoms with van der Waals surface area (Å²) in [6.07, 6.45) is 1.00. The van der Waals surface area contributed by atoms with Crippen LogP contribution < -0.4 is 11.1 Å². The Morgan fingerprint density at radius 1 is 1.67 bits per heavy atom. The lowest BCUT2D eigenvalue weighted by atomic mass is 10.2. The zero-order chi connectivity index (χ0) is 11.4. The summed E-state index contributed by atoms with van der Waals surface area (Å²) < 4.78 is 5.05. The molecule has 0 saturated carbocycles. The fraction of sp³-hybridized carbons (Fsp3) is 0.600.